The third kappa shape index (κ3) is 5.11. The van der Waals surface area contributed by atoms with Crippen LogP contribution in [0.4, 0.5) is 4.39 Å². The number of imidazole rings is 1. The quantitative estimate of drug-likeness (QED) is 0.367. The molecule has 1 atom stereocenters. The number of nitrogens with zero attached hydrogens (tertiary/aromatic N) is 4. The highest BCUT2D eigenvalue weighted by Gasteiger charge is 2.31. The van der Waals surface area contributed by atoms with Crippen LogP contribution in [0.1, 0.15) is 30.8 Å². The molecule has 1 aliphatic heterocycles. The molecule has 1 saturated heterocycles. The van der Waals surface area contributed by atoms with Gasteiger partial charge in [0.15, 0.2) is 11.5 Å². The summed E-state index contributed by atoms with van der Waals surface area (Å²) in [5, 5.41) is 0. The summed E-state index contributed by atoms with van der Waals surface area (Å²) in [5.41, 5.74) is 8.05. The van der Waals surface area contributed by atoms with Crippen LogP contribution < -0.4 is 15.2 Å². The smallest absolute Gasteiger partial charge is 0.298 e. The van der Waals surface area contributed by atoms with Crippen LogP contribution in [0.15, 0.2) is 54.9 Å². The van der Waals surface area contributed by atoms with Crippen LogP contribution in [0.25, 0.3) is 16.8 Å². The fourth-order valence-corrected chi connectivity index (χ4v) is 4.79. The number of amides is 2. The first-order valence-electron chi connectivity index (χ1n) is 12.4. The fraction of sp³-hybridized carbons (Fsp3) is 0.241. The summed E-state index contributed by atoms with van der Waals surface area (Å²) in [6.07, 6.45) is 4.08. The minimum absolute atomic E-state index is 0.0312. The Kier molecular flexibility index (Phi) is 7.14. The van der Waals surface area contributed by atoms with E-state index in [0.717, 1.165) is 17.8 Å². The van der Waals surface area contributed by atoms with E-state index in [0.29, 0.717) is 35.7 Å². The van der Waals surface area contributed by atoms with Gasteiger partial charge in [0.2, 0.25) is 11.7 Å². The van der Waals surface area contributed by atoms with Crippen LogP contribution in [0.5, 0.6) is 17.2 Å². The molecule has 2 aromatic carbocycles. The topological polar surface area (TPSA) is 112 Å². The molecule has 0 unspecified atom stereocenters. The van der Waals surface area contributed by atoms with Crippen molar-refractivity contribution >= 4 is 17.3 Å². The van der Waals surface area contributed by atoms with Crippen LogP contribution in [-0.2, 0) is 16.0 Å². The third-order valence-corrected chi connectivity index (χ3v) is 6.58. The number of rotatable bonds is 7. The molecule has 4 aromatic rings. The molecule has 0 spiro atoms. The molecule has 10 heteroatoms. The SMILES string of the molecule is CC#CC(=O)N1CC[C@@H](c2nc(-c3ccc(Oc4cccc(OC)c4F)cc3)c3c(CC(N)=O)nccn23)C1. The molecule has 2 amide bonds. The Balaban J connectivity index is 1.52. The highest BCUT2D eigenvalue weighted by molar-refractivity contribution is 5.93. The number of nitrogens with two attached hydrogens (primary N) is 1. The zero-order valence-corrected chi connectivity index (χ0v) is 21.5. The normalized spacial score (nSPS) is 14.6. The summed E-state index contributed by atoms with van der Waals surface area (Å²) in [4.78, 5) is 35.3. The number of carbonyl (C=O) groups excluding carboxylic acids is 2. The second kappa shape index (κ2) is 10.8. The van der Waals surface area contributed by atoms with E-state index in [1.54, 1.807) is 42.4 Å². The standard InChI is InChI=1S/C29H26FN5O4/c1-3-5-25(37)34-14-12-19(17-34)29-33-27(28-21(16-24(31)36)32-13-15-35(28)29)18-8-10-20(11-9-18)39-23-7-4-6-22(38-2)26(23)30/h4,6-11,13,15,19H,12,14,16-17H2,1-2H3,(H2,31,36)/t19-/m1/s1. The maximum Gasteiger partial charge on any atom is 0.298 e. The van der Waals surface area contributed by atoms with E-state index in [1.807, 2.05) is 16.5 Å². The van der Waals surface area contributed by atoms with Gasteiger partial charge >= 0.3 is 0 Å². The number of primary amides is 1. The number of benzene rings is 2. The van der Waals surface area contributed by atoms with E-state index in [2.05, 4.69) is 16.8 Å². The molecule has 39 heavy (non-hydrogen) atoms. The lowest BCUT2D eigenvalue weighted by atomic mass is 10.1. The molecule has 0 aliphatic carbocycles. The molecular formula is C29H26FN5O4. The van der Waals surface area contributed by atoms with Gasteiger partial charge in [0.25, 0.3) is 5.91 Å². The predicted octanol–water partition coefficient (Wildman–Crippen LogP) is 3.70. The highest BCUT2D eigenvalue weighted by Crippen LogP contribution is 2.35. The van der Waals surface area contributed by atoms with E-state index in [9.17, 15) is 14.0 Å². The summed E-state index contributed by atoms with van der Waals surface area (Å²) >= 11 is 0. The number of carbonyl (C=O) groups is 2. The third-order valence-electron chi connectivity index (χ3n) is 6.58. The first-order chi connectivity index (χ1) is 18.9. The van der Waals surface area contributed by atoms with Crippen molar-refractivity contribution in [1.29, 1.82) is 0 Å². The van der Waals surface area contributed by atoms with Crippen molar-refractivity contribution in [2.75, 3.05) is 20.2 Å². The molecule has 0 saturated carbocycles. The van der Waals surface area contributed by atoms with E-state index in [-0.39, 0.29) is 29.7 Å². The monoisotopic (exact) mass is 527 g/mol. The van der Waals surface area contributed by atoms with Crippen LogP contribution in [0.3, 0.4) is 0 Å². The first kappa shape index (κ1) is 25.7. The molecule has 2 aromatic heterocycles. The van der Waals surface area contributed by atoms with E-state index < -0.39 is 11.7 Å². The molecule has 198 valence electrons. The van der Waals surface area contributed by atoms with E-state index in [4.69, 9.17) is 20.2 Å². The number of methoxy groups -OCH3 is 1. The number of hydrogen-bond acceptors (Lipinski definition) is 6. The molecule has 1 aliphatic rings. The number of aromatic nitrogens is 3. The zero-order valence-electron chi connectivity index (χ0n) is 21.5. The average molecular weight is 528 g/mol. The van der Waals surface area contributed by atoms with Gasteiger partial charge in [-0.05, 0) is 55.7 Å². The minimum Gasteiger partial charge on any atom is -0.494 e. The lowest BCUT2D eigenvalue weighted by Gasteiger charge is -2.13. The lowest BCUT2D eigenvalue weighted by molar-refractivity contribution is -0.124. The van der Waals surface area contributed by atoms with Crippen LogP contribution in [0, 0.1) is 17.7 Å². The summed E-state index contributed by atoms with van der Waals surface area (Å²) in [6, 6.07) is 11.7. The van der Waals surface area contributed by atoms with Crippen LogP contribution >= 0.6 is 0 Å². The average Bonchev–Trinajstić information content (AvgIpc) is 3.56. The molecule has 5 rings (SSSR count). The lowest BCUT2D eigenvalue weighted by Crippen LogP contribution is -2.27. The molecule has 0 radical (unpaired) electrons. The Hall–Kier alpha value is -4.91. The summed E-state index contributed by atoms with van der Waals surface area (Å²) in [5.74, 6) is 5.22. The number of likely N-dealkylation sites (tertiary alicyclic amines) is 1. The Morgan fingerprint density at radius 2 is 1.95 bits per heavy atom. The number of ether oxygens (including phenoxy) is 2. The Labute approximate surface area is 224 Å². The second-order valence-electron chi connectivity index (χ2n) is 9.06. The predicted molar refractivity (Wildman–Crippen MR) is 142 cm³/mol. The van der Waals surface area contributed by atoms with Gasteiger partial charge in [-0.25, -0.2) is 4.98 Å². The number of fused-ring (bicyclic) bond motifs is 1. The van der Waals surface area contributed by atoms with Crippen molar-refractivity contribution in [3.05, 3.63) is 72.2 Å². The summed E-state index contributed by atoms with van der Waals surface area (Å²) in [7, 11) is 1.39. The maximum absolute atomic E-state index is 14.6. The van der Waals surface area contributed by atoms with Crippen molar-refractivity contribution in [3.8, 4) is 40.3 Å². The van der Waals surface area contributed by atoms with Crippen molar-refractivity contribution in [1.82, 2.24) is 19.3 Å². The van der Waals surface area contributed by atoms with Gasteiger partial charge in [-0.15, -0.1) is 0 Å². The van der Waals surface area contributed by atoms with E-state index >= 15 is 0 Å². The maximum atomic E-state index is 14.6. The Morgan fingerprint density at radius 1 is 1.18 bits per heavy atom. The summed E-state index contributed by atoms with van der Waals surface area (Å²) in [6.45, 7) is 2.70. The minimum atomic E-state index is -0.593. The van der Waals surface area contributed by atoms with E-state index in [1.165, 1.54) is 19.2 Å². The van der Waals surface area contributed by atoms with Gasteiger partial charge < -0.3 is 20.1 Å². The molecular weight excluding hydrogens is 501 g/mol. The van der Waals surface area contributed by atoms with Gasteiger partial charge in [0.1, 0.15) is 11.6 Å². The number of hydrogen-bond donors (Lipinski definition) is 1. The highest BCUT2D eigenvalue weighted by atomic mass is 19.1. The van der Waals surface area contributed by atoms with Crippen molar-refractivity contribution in [2.45, 2.75) is 25.7 Å². The fourth-order valence-electron chi connectivity index (χ4n) is 4.79. The van der Waals surface area contributed by atoms with Crippen LogP contribution in [0.2, 0.25) is 0 Å². The summed E-state index contributed by atoms with van der Waals surface area (Å²) < 4.78 is 27.2. The Morgan fingerprint density at radius 3 is 2.67 bits per heavy atom. The number of halogens is 1. The first-order valence-corrected chi connectivity index (χ1v) is 12.4. The van der Waals surface area contributed by atoms with Gasteiger partial charge in [-0.3, -0.25) is 19.0 Å². The van der Waals surface area contributed by atoms with Gasteiger partial charge in [0.05, 0.1) is 30.4 Å². The van der Waals surface area contributed by atoms with Gasteiger partial charge in [-0.1, -0.05) is 12.0 Å². The Bertz CT molecular complexity index is 1620. The molecule has 0 bridgehead atoms. The second-order valence-corrected chi connectivity index (χ2v) is 9.06. The van der Waals surface area contributed by atoms with Gasteiger partial charge in [0, 0.05) is 37.0 Å². The van der Waals surface area contributed by atoms with Crippen LogP contribution in [-0.4, -0.2) is 51.3 Å². The van der Waals surface area contributed by atoms with Gasteiger partial charge in [-0.2, -0.15) is 4.39 Å². The largest absolute Gasteiger partial charge is 0.494 e. The molecule has 3 heterocycles. The molecule has 9 nitrogen and oxygen atoms in total. The van der Waals surface area contributed by atoms with Crippen molar-refractivity contribution < 1.29 is 23.5 Å². The van der Waals surface area contributed by atoms with Crippen molar-refractivity contribution in [3.63, 3.8) is 0 Å². The van der Waals surface area contributed by atoms with Crippen molar-refractivity contribution in [2.24, 2.45) is 5.73 Å². The zero-order chi connectivity index (χ0) is 27.5. The molecule has 2 N–H and O–H groups in total. The molecule has 1 fully saturated rings.